The summed E-state index contributed by atoms with van der Waals surface area (Å²) in [5.41, 5.74) is 1.05. The van der Waals surface area contributed by atoms with Crippen LogP contribution in [0.5, 0.6) is 0 Å². The van der Waals surface area contributed by atoms with Gasteiger partial charge in [0.25, 0.3) is 5.91 Å². The van der Waals surface area contributed by atoms with Gasteiger partial charge in [0.2, 0.25) is 0 Å². The lowest BCUT2D eigenvalue weighted by Gasteiger charge is -2.62. The molecule has 1 aromatic heterocycles. The molecule has 3 aliphatic rings. The number of carbonyl (C=O) groups is 2. The van der Waals surface area contributed by atoms with Crippen LogP contribution in [0.15, 0.2) is 40.2 Å². The molecule has 4 atom stereocenters. The molecule has 1 heterocycles. The number of rotatable bonds is 8. The lowest BCUT2D eigenvalue weighted by molar-refractivity contribution is -0.137. The van der Waals surface area contributed by atoms with Crippen molar-refractivity contribution >= 4 is 49.2 Å². The summed E-state index contributed by atoms with van der Waals surface area (Å²) < 4.78 is 2.15. The second-order valence-electron chi connectivity index (χ2n) is 9.64. The van der Waals surface area contributed by atoms with E-state index < -0.39 is 5.97 Å². The Bertz CT molecular complexity index is 1010. The molecule has 0 unspecified atom stereocenters. The number of thiophene rings is 1. The van der Waals surface area contributed by atoms with Crippen LogP contribution in [0.3, 0.4) is 0 Å². The summed E-state index contributed by atoms with van der Waals surface area (Å²) in [5, 5.41) is 15.2. The van der Waals surface area contributed by atoms with Crippen LogP contribution in [0.4, 0.5) is 0 Å². The average Bonchev–Trinajstić information content (AvgIpc) is 3.13. The van der Waals surface area contributed by atoms with Crippen LogP contribution in [-0.2, 0) is 4.79 Å². The molecule has 0 spiro atoms. The van der Waals surface area contributed by atoms with Crippen LogP contribution < -0.4 is 5.32 Å². The third-order valence-electron chi connectivity index (χ3n) is 7.52. The molecule has 0 aliphatic heterocycles. The van der Waals surface area contributed by atoms with Gasteiger partial charge in [-0.05, 0) is 67.4 Å². The van der Waals surface area contributed by atoms with Gasteiger partial charge in [0.1, 0.15) is 0 Å². The van der Waals surface area contributed by atoms with E-state index in [4.69, 9.17) is 5.11 Å². The largest absolute Gasteiger partial charge is 0.481 e. The number of unbranched alkanes of at least 4 members (excludes halogenated alkanes) is 1. The molecule has 6 heteroatoms. The predicted octanol–water partition coefficient (Wildman–Crippen LogP) is 6.65. The number of allylic oxidation sites excluding steroid dienone is 2. The van der Waals surface area contributed by atoms with E-state index in [1.807, 2.05) is 17.5 Å². The number of hydrogen-bond donors (Lipinski definition) is 2. The zero-order valence-electron chi connectivity index (χ0n) is 18.1. The van der Waals surface area contributed by atoms with Gasteiger partial charge in [0.05, 0.1) is 5.56 Å². The Kier molecular flexibility index (Phi) is 6.59. The highest BCUT2D eigenvalue weighted by Gasteiger charge is 2.57. The monoisotopic (exact) mass is 503 g/mol. The van der Waals surface area contributed by atoms with Gasteiger partial charge < -0.3 is 10.4 Å². The third-order valence-corrected chi connectivity index (χ3v) is 8.96. The maximum absolute atomic E-state index is 13.3. The van der Waals surface area contributed by atoms with Crippen molar-refractivity contribution in [2.45, 2.75) is 58.4 Å². The first-order valence-corrected chi connectivity index (χ1v) is 12.8. The predicted molar refractivity (Wildman–Crippen MR) is 130 cm³/mol. The first-order valence-electron chi connectivity index (χ1n) is 11.1. The maximum atomic E-state index is 13.3. The molecule has 2 bridgehead atoms. The number of amides is 1. The third kappa shape index (κ3) is 4.61. The smallest absolute Gasteiger partial charge is 0.303 e. The number of carboxylic acid groups (broad SMARTS) is 1. The molecular weight excluding hydrogens is 474 g/mol. The molecule has 3 saturated carbocycles. The number of carbonyl (C=O) groups excluding carboxylic acids is 1. The fourth-order valence-electron chi connectivity index (χ4n) is 5.53. The molecule has 0 radical (unpaired) electrons. The number of benzene rings is 1. The molecule has 2 aromatic rings. The number of nitrogens with one attached hydrogen (secondary N) is 1. The standard InChI is InChI=1S/C25H30BrNO3S/c1-25(2)16-11-15(7-5-3-4-6-8-22(28)29)23(20(25)12-16)27-24(30)19-14-31-21-13-17(26)9-10-18(19)21/h3,5,9-10,13-16,20,23H,4,6-8,11-12H2,1-2H3,(H,27,30)(H,28,29)/b5-3-/t15-,16+,20+,23-/m0/s1. The van der Waals surface area contributed by atoms with Crippen molar-refractivity contribution < 1.29 is 14.7 Å². The number of aliphatic carboxylic acids is 1. The Morgan fingerprint density at radius 1 is 1.29 bits per heavy atom. The highest BCUT2D eigenvalue weighted by atomic mass is 79.9. The highest BCUT2D eigenvalue weighted by Crippen LogP contribution is 2.61. The van der Waals surface area contributed by atoms with E-state index in [-0.39, 0.29) is 23.8 Å². The summed E-state index contributed by atoms with van der Waals surface area (Å²) >= 11 is 5.12. The van der Waals surface area contributed by atoms with E-state index in [0.717, 1.165) is 45.3 Å². The van der Waals surface area contributed by atoms with Crippen molar-refractivity contribution in [2.75, 3.05) is 0 Å². The van der Waals surface area contributed by atoms with Crippen LogP contribution >= 0.6 is 27.3 Å². The summed E-state index contributed by atoms with van der Waals surface area (Å²) in [6.07, 6.45) is 9.28. The molecule has 166 valence electrons. The van der Waals surface area contributed by atoms with Crippen molar-refractivity contribution in [1.82, 2.24) is 5.32 Å². The van der Waals surface area contributed by atoms with E-state index in [1.54, 1.807) is 11.3 Å². The molecule has 1 aromatic carbocycles. The number of carboxylic acids is 1. The van der Waals surface area contributed by atoms with Crippen LogP contribution in [0.1, 0.15) is 62.7 Å². The number of fused-ring (bicyclic) bond motifs is 3. The van der Waals surface area contributed by atoms with E-state index in [1.165, 1.54) is 6.42 Å². The van der Waals surface area contributed by atoms with Gasteiger partial charge in [-0.2, -0.15) is 0 Å². The van der Waals surface area contributed by atoms with Gasteiger partial charge in [-0.3, -0.25) is 9.59 Å². The normalized spacial score (nSPS) is 26.7. The lowest BCUT2D eigenvalue weighted by Crippen LogP contribution is -2.63. The van der Waals surface area contributed by atoms with E-state index >= 15 is 0 Å². The topological polar surface area (TPSA) is 66.4 Å². The minimum absolute atomic E-state index is 0.0372. The Morgan fingerprint density at radius 3 is 2.84 bits per heavy atom. The van der Waals surface area contributed by atoms with Crippen LogP contribution in [0.2, 0.25) is 0 Å². The molecule has 3 fully saturated rings. The van der Waals surface area contributed by atoms with Gasteiger partial charge in [-0.1, -0.05) is 48.0 Å². The van der Waals surface area contributed by atoms with Crippen molar-refractivity contribution in [2.24, 2.45) is 23.2 Å². The molecule has 0 saturated heterocycles. The average molecular weight is 504 g/mol. The van der Waals surface area contributed by atoms with E-state index in [9.17, 15) is 9.59 Å². The molecule has 3 aliphatic carbocycles. The Morgan fingerprint density at radius 2 is 2.10 bits per heavy atom. The summed E-state index contributed by atoms with van der Waals surface area (Å²) in [6, 6.07) is 6.26. The van der Waals surface area contributed by atoms with Crippen molar-refractivity contribution in [1.29, 1.82) is 0 Å². The Balaban J connectivity index is 1.45. The molecule has 2 N–H and O–H groups in total. The fraction of sp³-hybridized carbons (Fsp3) is 0.520. The fourth-order valence-corrected chi connectivity index (χ4v) is 7.03. The highest BCUT2D eigenvalue weighted by molar-refractivity contribution is 9.10. The quantitative estimate of drug-likeness (QED) is 0.313. The Hall–Kier alpha value is -1.66. The number of hydrogen-bond acceptors (Lipinski definition) is 3. The molecule has 1 amide bonds. The second-order valence-corrected chi connectivity index (χ2v) is 11.5. The molecule has 4 nitrogen and oxygen atoms in total. The van der Waals surface area contributed by atoms with Crippen molar-refractivity contribution in [3.63, 3.8) is 0 Å². The van der Waals surface area contributed by atoms with Crippen LogP contribution in [0, 0.1) is 23.2 Å². The summed E-state index contributed by atoms with van der Waals surface area (Å²) in [7, 11) is 0. The van der Waals surface area contributed by atoms with E-state index in [2.05, 4.69) is 53.3 Å². The lowest BCUT2D eigenvalue weighted by atomic mass is 9.44. The molecule has 31 heavy (non-hydrogen) atoms. The zero-order chi connectivity index (χ0) is 22.2. The maximum Gasteiger partial charge on any atom is 0.303 e. The minimum atomic E-state index is -0.737. The van der Waals surface area contributed by atoms with Crippen molar-refractivity contribution in [3.05, 3.63) is 45.8 Å². The van der Waals surface area contributed by atoms with Crippen molar-refractivity contribution in [3.8, 4) is 0 Å². The number of halogens is 1. The van der Waals surface area contributed by atoms with Crippen LogP contribution in [0.25, 0.3) is 10.1 Å². The molecular formula is C25H30BrNO3S. The first-order chi connectivity index (χ1) is 14.8. The van der Waals surface area contributed by atoms with Gasteiger partial charge in [-0.25, -0.2) is 0 Å². The Labute approximate surface area is 196 Å². The molecule has 5 rings (SSSR count). The van der Waals surface area contributed by atoms with Crippen LogP contribution in [-0.4, -0.2) is 23.0 Å². The van der Waals surface area contributed by atoms with Gasteiger partial charge >= 0.3 is 5.97 Å². The minimum Gasteiger partial charge on any atom is -0.481 e. The van der Waals surface area contributed by atoms with E-state index in [0.29, 0.717) is 18.3 Å². The first kappa shape index (κ1) is 22.5. The summed E-state index contributed by atoms with van der Waals surface area (Å²) in [4.78, 5) is 23.9. The summed E-state index contributed by atoms with van der Waals surface area (Å²) in [5.74, 6) is 0.986. The second kappa shape index (κ2) is 9.07. The SMILES string of the molecule is CC1(C)[C@@H]2C[C@H](C/C=C\CCCC(=O)O)[C@H](NC(=O)c3csc4cc(Br)ccc34)[C@H]1C2. The van der Waals surface area contributed by atoms with Gasteiger partial charge in [0.15, 0.2) is 0 Å². The summed E-state index contributed by atoms with van der Waals surface area (Å²) in [6.45, 7) is 4.70. The van der Waals surface area contributed by atoms with Gasteiger partial charge in [0, 0.05) is 32.4 Å². The van der Waals surface area contributed by atoms with Gasteiger partial charge in [-0.15, -0.1) is 11.3 Å². The zero-order valence-corrected chi connectivity index (χ0v) is 20.5.